The molecule has 4 nitrogen and oxygen atoms in total. The minimum absolute atomic E-state index is 0.493. The quantitative estimate of drug-likeness (QED) is 0.738. The number of aliphatic hydroxyl groups excluding tert-OH is 1. The number of aliphatic carboxylic acids is 1. The molecule has 0 saturated heterocycles. The zero-order chi connectivity index (χ0) is 10.0. The summed E-state index contributed by atoms with van der Waals surface area (Å²) in [5.74, 6) is -0.556. The molecule has 2 unspecified atom stereocenters. The Labute approximate surface area is 75.8 Å². The highest BCUT2D eigenvalue weighted by Crippen LogP contribution is 2.21. The van der Waals surface area contributed by atoms with Crippen molar-refractivity contribution in [3.8, 4) is 0 Å². The zero-order valence-corrected chi connectivity index (χ0v) is 7.52. The van der Waals surface area contributed by atoms with Crippen LogP contribution in [0.5, 0.6) is 0 Å². The van der Waals surface area contributed by atoms with Crippen LogP contribution in [0.3, 0.4) is 0 Å². The number of aliphatic hydroxyl groups is 1. The van der Waals surface area contributed by atoms with Crippen molar-refractivity contribution in [1.29, 1.82) is 0 Å². The first-order chi connectivity index (χ1) is 6.02. The highest BCUT2D eigenvalue weighted by molar-refractivity contribution is 5.73. The van der Waals surface area contributed by atoms with Crippen molar-refractivity contribution < 1.29 is 19.4 Å². The number of carboxylic acid groups (broad SMARTS) is 1. The smallest absolute Gasteiger partial charge is 0.333 e. The lowest BCUT2D eigenvalue weighted by Crippen LogP contribution is -2.25. The number of furan rings is 1. The van der Waals surface area contributed by atoms with E-state index in [9.17, 15) is 9.90 Å². The molecule has 0 amide bonds. The van der Waals surface area contributed by atoms with E-state index in [1.807, 2.05) is 0 Å². The maximum atomic E-state index is 10.4. The van der Waals surface area contributed by atoms with E-state index in [1.165, 1.54) is 0 Å². The average Bonchev–Trinajstić information content (AvgIpc) is 2.49. The van der Waals surface area contributed by atoms with Crippen molar-refractivity contribution in [2.75, 3.05) is 0 Å². The lowest BCUT2D eigenvalue weighted by atomic mass is 10.0. The molecule has 13 heavy (non-hydrogen) atoms. The van der Waals surface area contributed by atoms with E-state index < -0.39 is 18.0 Å². The van der Waals surface area contributed by atoms with Crippen LogP contribution < -0.4 is 0 Å². The van der Waals surface area contributed by atoms with Gasteiger partial charge in [-0.2, -0.15) is 0 Å². The molecule has 1 rings (SSSR count). The highest BCUT2D eigenvalue weighted by Gasteiger charge is 2.25. The summed E-state index contributed by atoms with van der Waals surface area (Å²) in [6, 6.07) is 3.41. The minimum Gasteiger partial charge on any atom is -0.479 e. The molecule has 72 valence electrons. The summed E-state index contributed by atoms with van der Waals surface area (Å²) >= 11 is 0. The second-order valence-electron chi connectivity index (χ2n) is 3.02. The van der Waals surface area contributed by atoms with E-state index in [-0.39, 0.29) is 0 Å². The first kappa shape index (κ1) is 9.80. The van der Waals surface area contributed by atoms with E-state index in [4.69, 9.17) is 9.52 Å². The van der Waals surface area contributed by atoms with Crippen molar-refractivity contribution in [3.63, 3.8) is 0 Å². The SMILES string of the molecule is Cc1ccc(C(C)C(O)C(=O)O)o1. The Morgan fingerprint density at radius 2 is 2.15 bits per heavy atom. The Hall–Kier alpha value is -1.29. The fourth-order valence-electron chi connectivity index (χ4n) is 1.07. The average molecular weight is 184 g/mol. The molecular formula is C9H12O4. The van der Waals surface area contributed by atoms with Crippen molar-refractivity contribution in [3.05, 3.63) is 23.7 Å². The Bertz CT molecular complexity index is 302. The molecule has 0 aliphatic rings. The summed E-state index contributed by atoms with van der Waals surface area (Å²) in [5, 5.41) is 17.7. The number of aryl methyl sites for hydroxylation is 1. The Balaban J connectivity index is 2.78. The largest absolute Gasteiger partial charge is 0.479 e. The molecule has 0 aromatic carbocycles. The van der Waals surface area contributed by atoms with Gasteiger partial charge in [-0.1, -0.05) is 6.92 Å². The molecule has 0 fully saturated rings. The van der Waals surface area contributed by atoms with Crippen LogP contribution >= 0.6 is 0 Å². The van der Waals surface area contributed by atoms with E-state index in [0.717, 1.165) is 0 Å². The van der Waals surface area contributed by atoms with Gasteiger partial charge in [0.1, 0.15) is 11.5 Å². The zero-order valence-electron chi connectivity index (χ0n) is 7.52. The Morgan fingerprint density at radius 1 is 1.54 bits per heavy atom. The summed E-state index contributed by atoms with van der Waals surface area (Å²) in [4.78, 5) is 10.4. The van der Waals surface area contributed by atoms with Gasteiger partial charge in [0.2, 0.25) is 0 Å². The number of rotatable bonds is 3. The van der Waals surface area contributed by atoms with E-state index in [0.29, 0.717) is 11.5 Å². The number of carbonyl (C=O) groups is 1. The van der Waals surface area contributed by atoms with Gasteiger partial charge in [0.15, 0.2) is 6.10 Å². The molecular weight excluding hydrogens is 172 g/mol. The molecule has 0 spiro atoms. The number of hydrogen-bond donors (Lipinski definition) is 2. The van der Waals surface area contributed by atoms with Crippen LogP contribution in [0.25, 0.3) is 0 Å². The standard InChI is InChI=1S/C9H12O4/c1-5-3-4-7(13-5)6(2)8(10)9(11)12/h3-4,6,8,10H,1-2H3,(H,11,12). The van der Waals surface area contributed by atoms with Gasteiger partial charge in [0.25, 0.3) is 0 Å². The van der Waals surface area contributed by atoms with Gasteiger partial charge < -0.3 is 14.6 Å². The third-order valence-electron chi connectivity index (χ3n) is 1.94. The van der Waals surface area contributed by atoms with Gasteiger partial charge in [0.05, 0.1) is 5.92 Å². The second kappa shape index (κ2) is 3.62. The fraction of sp³-hybridized carbons (Fsp3) is 0.444. The predicted molar refractivity (Wildman–Crippen MR) is 45.5 cm³/mol. The molecule has 1 aromatic heterocycles. The van der Waals surface area contributed by atoms with Gasteiger partial charge >= 0.3 is 5.97 Å². The molecule has 1 aromatic rings. The van der Waals surface area contributed by atoms with Crippen molar-refractivity contribution in [1.82, 2.24) is 0 Å². The van der Waals surface area contributed by atoms with E-state index in [1.54, 1.807) is 26.0 Å². The number of hydrogen-bond acceptors (Lipinski definition) is 3. The predicted octanol–water partition coefficient (Wildman–Crippen LogP) is 1.14. The summed E-state index contributed by atoms with van der Waals surface area (Å²) in [7, 11) is 0. The van der Waals surface area contributed by atoms with Gasteiger partial charge in [-0.15, -0.1) is 0 Å². The van der Waals surface area contributed by atoms with Crippen LogP contribution in [0, 0.1) is 6.92 Å². The highest BCUT2D eigenvalue weighted by atomic mass is 16.4. The van der Waals surface area contributed by atoms with Crippen LogP contribution in [0.1, 0.15) is 24.4 Å². The first-order valence-corrected chi connectivity index (χ1v) is 3.99. The molecule has 0 saturated carbocycles. The first-order valence-electron chi connectivity index (χ1n) is 3.99. The monoisotopic (exact) mass is 184 g/mol. The third kappa shape index (κ3) is 2.09. The Kier molecular flexibility index (Phi) is 2.72. The Morgan fingerprint density at radius 3 is 2.54 bits per heavy atom. The molecule has 0 aliphatic heterocycles. The normalized spacial score (nSPS) is 15.3. The summed E-state index contributed by atoms with van der Waals surface area (Å²) < 4.78 is 5.19. The van der Waals surface area contributed by atoms with Crippen molar-refractivity contribution >= 4 is 5.97 Å². The van der Waals surface area contributed by atoms with Crippen LogP contribution in [0.15, 0.2) is 16.5 Å². The summed E-state index contributed by atoms with van der Waals surface area (Å²) in [6.07, 6.45) is -1.41. The van der Waals surface area contributed by atoms with Gasteiger partial charge in [-0.05, 0) is 19.1 Å². The lowest BCUT2D eigenvalue weighted by molar-refractivity contribution is -0.147. The number of carboxylic acids is 1. The van der Waals surface area contributed by atoms with Gasteiger partial charge in [-0.3, -0.25) is 0 Å². The molecule has 0 aliphatic carbocycles. The lowest BCUT2D eigenvalue weighted by Gasteiger charge is -2.11. The topological polar surface area (TPSA) is 70.7 Å². The molecule has 0 bridgehead atoms. The van der Waals surface area contributed by atoms with Gasteiger partial charge in [0, 0.05) is 0 Å². The molecule has 1 heterocycles. The van der Waals surface area contributed by atoms with Gasteiger partial charge in [-0.25, -0.2) is 4.79 Å². The maximum Gasteiger partial charge on any atom is 0.333 e. The molecule has 4 heteroatoms. The minimum atomic E-state index is -1.41. The molecule has 2 N–H and O–H groups in total. The van der Waals surface area contributed by atoms with Crippen LogP contribution in [-0.4, -0.2) is 22.3 Å². The van der Waals surface area contributed by atoms with E-state index >= 15 is 0 Å². The molecule has 0 radical (unpaired) electrons. The maximum absolute atomic E-state index is 10.4. The van der Waals surface area contributed by atoms with Crippen LogP contribution in [-0.2, 0) is 4.79 Å². The summed E-state index contributed by atoms with van der Waals surface area (Å²) in [6.45, 7) is 3.38. The van der Waals surface area contributed by atoms with Crippen molar-refractivity contribution in [2.24, 2.45) is 0 Å². The second-order valence-corrected chi connectivity index (χ2v) is 3.02. The molecule has 2 atom stereocenters. The van der Waals surface area contributed by atoms with Crippen LogP contribution in [0.4, 0.5) is 0 Å². The van der Waals surface area contributed by atoms with Crippen LogP contribution in [0.2, 0.25) is 0 Å². The fourth-order valence-corrected chi connectivity index (χ4v) is 1.07. The van der Waals surface area contributed by atoms with E-state index in [2.05, 4.69) is 0 Å². The third-order valence-corrected chi connectivity index (χ3v) is 1.94. The van der Waals surface area contributed by atoms with Crippen molar-refractivity contribution in [2.45, 2.75) is 25.9 Å². The summed E-state index contributed by atoms with van der Waals surface area (Å²) in [5.41, 5.74) is 0.